The van der Waals surface area contributed by atoms with Crippen LogP contribution in [0.2, 0.25) is 0 Å². The van der Waals surface area contributed by atoms with E-state index in [-0.39, 0.29) is 0 Å². The number of hydrogen-bond donors (Lipinski definition) is 1. The highest BCUT2D eigenvalue weighted by Crippen LogP contribution is 2.39. The van der Waals surface area contributed by atoms with Crippen molar-refractivity contribution in [3.63, 3.8) is 0 Å². The first-order valence-electron chi connectivity index (χ1n) is 8.32. The zero-order valence-electron chi connectivity index (χ0n) is 12.8. The average molecular weight is 353 g/mol. The Hall–Kier alpha value is -0.840. The predicted molar refractivity (Wildman–Crippen MR) is 90.8 cm³/mol. The van der Waals surface area contributed by atoms with Crippen LogP contribution in [-0.4, -0.2) is 29.1 Å². The molecular weight excluding hydrogens is 328 g/mol. The molecule has 1 aromatic heterocycles. The minimum atomic E-state index is 0.678. The molecule has 21 heavy (non-hydrogen) atoms. The maximum absolute atomic E-state index is 4.78. The molecule has 0 spiro atoms. The van der Waals surface area contributed by atoms with E-state index in [1.165, 1.54) is 38.5 Å². The van der Waals surface area contributed by atoms with Crippen LogP contribution in [0.15, 0.2) is 10.7 Å². The Morgan fingerprint density at radius 2 is 2.10 bits per heavy atom. The summed E-state index contributed by atoms with van der Waals surface area (Å²) in [6, 6.07) is 0.678. The molecule has 3 rings (SSSR count). The van der Waals surface area contributed by atoms with Gasteiger partial charge in [0, 0.05) is 25.3 Å². The zero-order valence-corrected chi connectivity index (χ0v) is 14.4. The Kier molecular flexibility index (Phi) is 4.99. The Labute approximate surface area is 135 Å². The van der Waals surface area contributed by atoms with E-state index >= 15 is 0 Å². The van der Waals surface area contributed by atoms with Gasteiger partial charge in [-0.05, 0) is 54.0 Å². The van der Waals surface area contributed by atoms with Crippen LogP contribution in [0.1, 0.15) is 51.9 Å². The van der Waals surface area contributed by atoms with Crippen LogP contribution in [-0.2, 0) is 0 Å². The van der Waals surface area contributed by atoms with Crippen LogP contribution in [0.4, 0.5) is 11.8 Å². The van der Waals surface area contributed by atoms with E-state index in [4.69, 9.17) is 4.98 Å². The minimum Gasteiger partial charge on any atom is -0.354 e. The number of nitrogens with one attached hydrogen (secondary N) is 1. The number of rotatable bonds is 4. The summed E-state index contributed by atoms with van der Waals surface area (Å²) >= 11 is 3.66. The molecule has 2 aliphatic rings. The van der Waals surface area contributed by atoms with Gasteiger partial charge in [-0.1, -0.05) is 19.8 Å². The first-order valence-corrected chi connectivity index (χ1v) is 9.12. The molecule has 1 aromatic rings. The summed E-state index contributed by atoms with van der Waals surface area (Å²) in [7, 11) is 0. The van der Waals surface area contributed by atoms with Crippen molar-refractivity contribution in [3.8, 4) is 0 Å². The lowest BCUT2D eigenvalue weighted by Crippen LogP contribution is -2.47. The molecule has 1 saturated carbocycles. The monoisotopic (exact) mass is 352 g/mol. The maximum atomic E-state index is 4.78. The van der Waals surface area contributed by atoms with Crippen molar-refractivity contribution < 1.29 is 0 Å². The van der Waals surface area contributed by atoms with Crippen molar-refractivity contribution in [2.24, 2.45) is 5.92 Å². The van der Waals surface area contributed by atoms with Gasteiger partial charge in [0.25, 0.3) is 0 Å². The maximum Gasteiger partial charge on any atom is 0.224 e. The van der Waals surface area contributed by atoms with Gasteiger partial charge < -0.3 is 10.2 Å². The van der Waals surface area contributed by atoms with E-state index in [1.807, 2.05) is 6.20 Å². The summed E-state index contributed by atoms with van der Waals surface area (Å²) in [5.74, 6) is 2.70. The van der Waals surface area contributed by atoms with Crippen LogP contribution < -0.4 is 10.2 Å². The van der Waals surface area contributed by atoms with Gasteiger partial charge in [0.05, 0.1) is 4.47 Å². The van der Waals surface area contributed by atoms with Gasteiger partial charge in [-0.25, -0.2) is 4.98 Å². The van der Waals surface area contributed by atoms with Crippen molar-refractivity contribution >= 4 is 27.7 Å². The van der Waals surface area contributed by atoms with Gasteiger partial charge in [-0.2, -0.15) is 4.98 Å². The summed E-state index contributed by atoms with van der Waals surface area (Å²) in [4.78, 5) is 11.7. The molecule has 2 heterocycles. The molecule has 2 atom stereocenters. The number of piperidine rings is 1. The second-order valence-electron chi connectivity index (χ2n) is 6.24. The van der Waals surface area contributed by atoms with E-state index in [0.717, 1.165) is 41.7 Å². The highest BCUT2D eigenvalue weighted by atomic mass is 79.9. The second kappa shape index (κ2) is 6.95. The summed E-state index contributed by atoms with van der Waals surface area (Å²) in [5.41, 5.74) is 0. The molecule has 1 aliphatic carbocycles. The fourth-order valence-corrected chi connectivity index (χ4v) is 4.19. The van der Waals surface area contributed by atoms with E-state index in [9.17, 15) is 0 Å². The quantitative estimate of drug-likeness (QED) is 0.880. The fourth-order valence-electron chi connectivity index (χ4n) is 3.77. The van der Waals surface area contributed by atoms with Crippen LogP contribution in [0, 0.1) is 5.92 Å². The van der Waals surface area contributed by atoms with Crippen molar-refractivity contribution in [2.45, 2.75) is 57.9 Å². The third-order valence-electron chi connectivity index (χ3n) is 4.77. The van der Waals surface area contributed by atoms with Gasteiger partial charge in [0.1, 0.15) is 5.82 Å². The summed E-state index contributed by atoms with van der Waals surface area (Å²) in [6.07, 6.45) is 11.1. The van der Waals surface area contributed by atoms with Crippen molar-refractivity contribution in [2.75, 3.05) is 23.3 Å². The van der Waals surface area contributed by atoms with Crippen LogP contribution in [0.25, 0.3) is 0 Å². The lowest BCUT2D eigenvalue weighted by molar-refractivity contribution is 0.242. The zero-order chi connectivity index (χ0) is 14.7. The van der Waals surface area contributed by atoms with Gasteiger partial charge >= 0.3 is 0 Å². The molecule has 116 valence electrons. The first-order chi connectivity index (χ1) is 10.3. The summed E-state index contributed by atoms with van der Waals surface area (Å²) < 4.78 is 1.02. The Balaban J connectivity index is 1.83. The Bertz CT molecular complexity index is 477. The molecule has 0 amide bonds. The minimum absolute atomic E-state index is 0.678. The van der Waals surface area contributed by atoms with E-state index in [1.54, 1.807) is 0 Å². The number of aromatic nitrogens is 2. The van der Waals surface area contributed by atoms with Gasteiger partial charge in [-0.3, -0.25) is 0 Å². The average Bonchev–Trinajstić information content (AvgIpc) is 2.54. The molecule has 2 fully saturated rings. The largest absolute Gasteiger partial charge is 0.354 e. The highest BCUT2D eigenvalue weighted by Gasteiger charge is 2.34. The van der Waals surface area contributed by atoms with Gasteiger partial charge in [0.2, 0.25) is 5.95 Å². The molecular formula is C16H25BrN4. The molecule has 0 aromatic carbocycles. The molecule has 0 bridgehead atoms. The smallest absolute Gasteiger partial charge is 0.224 e. The molecule has 5 heteroatoms. The van der Waals surface area contributed by atoms with Crippen LogP contribution in [0.3, 0.4) is 0 Å². The number of hydrogen-bond acceptors (Lipinski definition) is 4. The van der Waals surface area contributed by atoms with E-state index in [0.29, 0.717) is 6.04 Å². The fraction of sp³-hybridized carbons (Fsp3) is 0.750. The van der Waals surface area contributed by atoms with Gasteiger partial charge in [0.15, 0.2) is 0 Å². The van der Waals surface area contributed by atoms with Crippen molar-refractivity contribution in [1.29, 1.82) is 0 Å². The number of anilines is 2. The lowest BCUT2D eigenvalue weighted by Gasteiger charge is -2.45. The topological polar surface area (TPSA) is 41.1 Å². The van der Waals surface area contributed by atoms with Gasteiger partial charge in [-0.15, -0.1) is 0 Å². The second-order valence-corrected chi connectivity index (χ2v) is 7.09. The first kappa shape index (κ1) is 15.1. The number of nitrogens with zero attached hydrogens (tertiary/aromatic N) is 3. The number of halogens is 1. The predicted octanol–water partition coefficient (Wildman–Crippen LogP) is 4.22. The normalized spacial score (nSPS) is 25.5. The molecule has 0 unspecified atom stereocenters. The third kappa shape index (κ3) is 3.33. The molecule has 0 radical (unpaired) electrons. The molecule has 4 nitrogen and oxygen atoms in total. The van der Waals surface area contributed by atoms with E-state index in [2.05, 4.69) is 38.1 Å². The standard InChI is InChI=1S/C16H25BrN4/c1-2-9-18-16-19-11-13(17)15(20-16)21-10-5-7-12-6-3-4-8-14(12)21/h11-12,14H,2-10H2,1H3,(H,18,19,20)/t12-,14-/m1/s1. The number of fused-ring (bicyclic) bond motifs is 1. The third-order valence-corrected chi connectivity index (χ3v) is 5.33. The molecule has 1 saturated heterocycles. The SMILES string of the molecule is CCCNc1ncc(Br)c(N2CCC[C@H]3CCCC[C@H]32)n1. The van der Waals surface area contributed by atoms with Crippen LogP contribution >= 0.6 is 15.9 Å². The summed E-state index contributed by atoms with van der Waals surface area (Å²) in [6.45, 7) is 4.21. The molecule has 1 aliphatic heterocycles. The Morgan fingerprint density at radius 1 is 1.29 bits per heavy atom. The van der Waals surface area contributed by atoms with Crippen molar-refractivity contribution in [3.05, 3.63) is 10.7 Å². The lowest BCUT2D eigenvalue weighted by atomic mass is 9.78. The Morgan fingerprint density at radius 3 is 2.95 bits per heavy atom. The molecule has 1 N–H and O–H groups in total. The summed E-state index contributed by atoms with van der Waals surface area (Å²) in [5, 5.41) is 3.30. The highest BCUT2D eigenvalue weighted by molar-refractivity contribution is 9.10. The van der Waals surface area contributed by atoms with Crippen LogP contribution in [0.5, 0.6) is 0 Å². The van der Waals surface area contributed by atoms with Crippen molar-refractivity contribution in [1.82, 2.24) is 9.97 Å². The van der Waals surface area contributed by atoms with E-state index < -0.39 is 0 Å².